The first-order valence-corrected chi connectivity index (χ1v) is 5.36. The fraction of sp³-hybridized carbons (Fsp3) is 0.417. The summed E-state index contributed by atoms with van der Waals surface area (Å²) in [5.74, 6) is 0.217. The number of nitriles is 1. The average Bonchev–Trinajstić information content (AvgIpc) is 2.32. The van der Waals surface area contributed by atoms with Gasteiger partial charge in [0.2, 0.25) is 0 Å². The third-order valence-electron chi connectivity index (χ3n) is 2.34. The van der Waals surface area contributed by atoms with Crippen LogP contribution < -0.4 is 10.5 Å². The lowest BCUT2D eigenvalue weighted by Gasteiger charge is -2.15. The molecule has 0 aliphatic rings. The van der Waals surface area contributed by atoms with E-state index in [1.807, 2.05) is 6.07 Å². The summed E-state index contributed by atoms with van der Waals surface area (Å²) in [6.45, 7) is 1.91. The van der Waals surface area contributed by atoms with Crippen LogP contribution in [-0.4, -0.2) is 23.4 Å². The van der Waals surface area contributed by atoms with Crippen molar-refractivity contribution in [3.05, 3.63) is 23.3 Å². The molecule has 0 heterocycles. The van der Waals surface area contributed by atoms with Crippen LogP contribution in [0.3, 0.4) is 0 Å². The highest BCUT2D eigenvalue weighted by molar-refractivity contribution is 5.50. The number of phenols is 1. The zero-order valence-corrected chi connectivity index (χ0v) is 9.68. The van der Waals surface area contributed by atoms with Gasteiger partial charge in [0, 0.05) is 5.56 Å². The number of hydrogen-bond donors (Lipinski definition) is 3. The van der Waals surface area contributed by atoms with Crippen molar-refractivity contribution in [2.45, 2.75) is 19.4 Å². The molecule has 0 amide bonds. The van der Waals surface area contributed by atoms with Crippen LogP contribution >= 0.6 is 0 Å². The average molecular weight is 236 g/mol. The number of phenolic OH excluding ortho intramolecular Hbond substituents is 1. The van der Waals surface area contributed by atoms with Gasteiger partial charge in [-0.2, -0.15) is 5.26 Å². The predicted molar refractivity (Wildman–Crippen MR) is 62.6 cm³/mol. The molecule has 0 saturated carbocycles. The molecule has 92 valence electrons. The van der Waals surface area contributed by atoms with Gasteiger partial charge in [0.15, 0.2) is 11.5 Å². The van der Waals surface area contributed by atoms with Gasteiger partial charge < -0.3 is 20.7 Å². The zero-order valence-electron chi connectivity index (χ0n) is 9.68. The van der Waals surface area contributed by atoms with Gasteiger partial charge in [0.1, 0.15) is 0 Å². The first kappa shape index (κ1) is 13.3. The van der Waals surface area contributed by atoms with Crippen molar-refractivity contribution < 1.29 is 14.9 Å². The normalized spacial score (nSPS) is 11.9. The maximum Gasteiger partial charge on any atom is 0.162 e. The Hall–Kier alpha value is -1.77. The number of nitrogens with zero attached hydrogens (tertiary/aromatic N) is 1. The largest absolute Gasteiger partial charge is 0.504 e. The molecule has 1 atom stereocenters. The van der Waals surface area contributed by atoms with E-state index < -0.39 is 6.04 Å². The van der Waals surface area contributed by atoms with Gasteiger partial charge in [-0.1, -0.05) is 0 Å². The van der Waals surface area contributed by atoms with Crippen LogP contribution in [0.15, 0.2) is 12.1 Å². The molecule has 5 heteroatoms. The number of ether oxygens (including phenoxy) is 1. The smallest absolute Gasteiger partial charge is 0.162 e. The van der Waals surface area contributed by atoms with E-state index in [4.69, 9.17) is 20.8 Å². The second kappa shape index (κ2) is 6.09. The van der Waals surface area contributed by atoms with Gasteiger partial charge in [-0.3, -0.25) is 0 Å². The third-order valence-corrected chi connectivity index (χ3v) is 2.34. The molecule has 0 bridgehead atoms. The Balaban J connectivity index is 3.22. The van der Waals surface area contributed by atoms with Gasteiger partial charge in [-0.15, -0.1) is 0 Å². The van der Waals surface area contributed by atoms with Crippen LogP contribution in [0.2, 0.25) is 0 Å². The summed E-state index contributed by atoms with van der Waals surface area (Å²) in [7, 11) is 0. The maximum atomic E-state index is 9.92. The summed E-state index contributed by atoms with van der Waals surface area (Å²) >= 11 is 0. The van der Waals surface area contributed by atoms with Crippen LogP contribution in [0.1, 0.15) is 24.1 Å². The van der Waals surface area contributed by atoms with Crippen molar-refractivity contribution in [2.75, 3.05) is 13.2 Å². The van der Waals surface area contributed by atoms with Crippen molar-refractivity contribution in [1.82, 2.24) is 0 Å². The van der Waals surface area contributed by atoms with E-state index in [-0.39, 0.29) is 18.8 Å². The topological polar surface area (TPSA) is 99.5 Å². The molecule has 0 saturated heterocycles. The minimum atomic E-state index is -0.687. The van der Waals surface area contributed by atoms with Gasteiger partial charge >= 0.3 is 0 Å². The summed E-state index contributed by atoms with van der Waals surface area (Å²) in [6, 6.07) is 4.55. The van der Waals surface area contributed by atoms with E-state index >= 15 is 0 Å². The molecule has 17 heavy (non-hydrogen) atoms. The van der Waals surface area contributed by atoms with Gasteiger partial charge in [0.25, 0.3) is 0 Å². The summed E-state index contributed by atoms with van der Waals surface area (Å²) in [5, 5.41) is 27.6. The van der Waals surface area contributed by atoms with E-state index in [1.54, 1.807) is 19.1 Å². The number of nitrogens with two attached hydrogens (primary N) is 1. The molecule has 0 radical (unpaired) electrons. The minimum absolute atomic E-state index is 0.0740. The lowest BCUT2D eigenvalue weighted by atomic mass is 10.0. The Bertz CT molecular complexity index is 426. The monoisotopic (exact) mass is 236 g/mol. The highest BCUT2D eigenvalue weighted by atomic mass is 16.5. The van der Waals surface area contributed by atoms with E-state index in [1.165, 1.54) is 0 Å². The Morgan fingerprint density at radius 3 is 2.76 bits per heavy atom. The van der Waals surface area contributed by atoms with E-state index in [0.29, 0.717) is 23.5 Å². The first-order valence-electron chi connectivity index (χ1n) is 5.36. The van der Waals surface area contributed by atoms with Crippen LogP contribution in [0.25, 0.3) is 0 Å². The summed E-state index contributed by atoms with van der Waals surface area (Å²) in [4.78, 5) is 0. The predicted octanol–water partition coefficient (Wildman–Crippen LogP) is 0.849. The Morgan fingerprint density at radius 2 is 2.24 bits per heavy atom. The molecule has 1 rings (SSSR count). The lowest BCUT2D eigenvalue weighted by molar-refractivity contribution is 0.262. The Kier molecular flexibility index (Phi) is 4.76. The molecule has 0 aliphatic carbocycles. The minimum Gasteiger partial charge on any atom is -0.504 e. The Labute approximate surface area is 100 Å². The molecule has 0 spiro atoms. The number of rotatable bonds is 5. The molecule has 1 aromatic carbocycles. The van der Waals surface area contributed by atoms with Crippen molar-refractivity contribution >= 4 is 0 Å². The van der Waals surface area contributed by atoms with E-state index in [2.05, 4.69) is 0 Å². The molecule has 0 unspecified atom stereocenters. The van der Waals surface area contributed by atoms with Crippen LogP contribution in [0.4, 0.5) is 0 Å². The van der Waals surface area contributed by atoms with Crippen molar-refractivity contribution in [3.8, 4) is 17.6 Å². The molecule has 0 fully saturated rings. The molecule has 5 nitrogen and oxygen atoms in total. The van der Waals surface area contributed by atoms with Crippen LogP contribution in [0.5, 0.6) is 11.5 Å². The molecule has 4 N–H and O–H groups in total. The maximum absolute atomic E-state index is 9.92. The number of aliphatic hydroxyl groups excluding tert-OH is 1. The first-order chi connectivity index (χ1) is 8.13. The summed E-state index contributed by atoms with van der Waals surface area (Å²) < 4.78 is 5.26. The molecule has 1 aromatic rings. The third kappa shape index (κ3) is 3.09. The Morgan fingerprint density at radius 1 is 1.53 bits per heavy atom. The standard InChI is InChI=1S/C12H16N2O3/c1-2-17-11-6-8(3-4-13)5-9(12(11)16)10(14)7-15/h5-6,10,15-16H,2-3,7,14H2,1H3/t10-/m0/s1. The number of benzene rings is 1. The van der Waals surface area contributed by atoms with E-state index in [0.717, 1.165) is 0 Å². The van der Waals surface area contributed by atoms with E-state index in [9.17, 15) is 5.11 Å². The number of hydrogen-bond acceptors (Lipinski definition) is 5. The second-order valence-electron chi connectivity index (χ2n) is 3.59. The highest BCUT2D eigenvalue weighted by Gasteiger charge is 2.16. The van der Waals surface area contributed by atoms with Gasteiger partial charge in [0.05, 0.1) is 31.7 Å². The zero-order chi connectivity index (χ0) is 12.8. The fourth-order valence-corrected chi connectivity index (χ4v) is 1.53. The molecular formula is C12H16N2O3. The lowest BCUT2D eigenvalue weighted by Crippen LogP contribution is -2.15. The van der Waals surface area contributed by atoms with Crippen LogP contribution in [-0.2, 0) is 6.42 Å². The second-order valence-corrected chi connectivity index (χ2v) is 3.59. The van der Waals surface area contributed by atoms with Gasteiger partial charge in [-0.25, -0.2) is 0 Å². The number of aliphatic hydroxyl groups is 1. The van der Waals surface area contributed by atoms with Gasteiger partial charge in [-0.05, 0) is 24.6 Å². The highest BCUT2D eigenvalue weighted by Crippen LogP contribution is 2.34. The van der Waals surface area contributed by atoms with Crippen molar-refractivity contribution in [2.24, 2.45) is 5.73 Å². The summed E-state index contributed by atoms with van der Waals surface area (Å²) in [6.07, 6.45) is 0.200. The van der Waals surface area contributed by atoms with Crippen LogP contribution in [0, 0.1) is 11.3 Å². The number of aromatic hydroxyl groups is 1. The molecular weight excluding hydrogens is 220 g/mol. The quantitative estimate of drug-likeness (QED) is 0.703. The van der Waals surface area contributed by atoms with Crippen molar-refractivity contribution in [1.29, 1.82) is 5.26 Å². The fourth-order valence-electron chi connectivity index (χ4n) is 1.53. The molecule has 0 aromatic heterocycles. The molecule has 0 aliphatic heterocycles. The SMILES string of the molecule is CCOc1cc(CC#N)cc([C@@H](N)CO)c1O. The summed E-state index contributed by atoms with van der Waals surface area (Å²) in [5.41, 5.74) is 6.77. The van der Waals surface area contributed by atoms with Crippen molar-refractivity contribution in [3.63, 3.8) is 0 Å².